The van der Waals surface area contributed by atoms with Crippen LogP contribution in [0.1, 0.15) is 57.4 Å². The van der Waals surface area contributed by atoms with Crippen molar-refractivity contribution in [1.82, 2.24) is 10.2 Å². The van der Waals surface area contributed by atoms with Crippen LogP contribution in [0.25, 0.3) is 10.8 Å². The number of carbonyl (C=O) groups excluding carboxylic acids is 1. The van der Waals surface area contributed by atoms with Crippen LogP contribution in [0.5, 0.6) is 0 Å². The van der Waals surface area contributed by atoms with Crippen molar-refractivity contribution in [3.05, 3.63) is 36.3 Å². The molecule has 1 unspecified atom stereocenters. The van der Waals surface area contributed by atoms with Crippen LogP contribution in [0.2, 0.25) is 0 Å². The number of nitrogens with one attached hydrogen (secondary N) is 1. The van der Waals surface area contributed by atoms with Gasteiger partial charge in [0, 0.05) is 36.4 Å². The number of amides is 1. The number of hydrogen-bond donors (Lipinski definition) is 1. The number of piperidine rings is 1. The molecule has 1 N–H and O–H groups in total. The van der Waals surface area contributed by atoms with Gasteiger partial charge in [-0.1, -0.05) is 57.2 Å². The topological polar surface area (TPSA) is 45.5 Å². The summed E-state index contributed by atoms with van der Waals surface area (Å²) in [4.78, 5) is 15.2. The molecule has 1 aliphatic heterocycles. The maximum Gasteiger partial charge on any atom is 0.224 e. The SMILES string of the molecule is CC(CN1CCC(NC(=O)Cc2cccc3cocc23)CC1)C1CCCCC1. The summed E-state index contributed by atoms with van der Waals surface area (Å²) in [5.41, 5.74) is 1.04. The summed E-state index contributed by atoms with van der Waals surface area (Å²) in [5.74, 6) is 1.86. The molecule has 152 valence electrons. The van der Waals surface area contributed by atoms with Crippen LogP contribution in [0.3, 0.4) is 0 Å². The van der Waals surface area contributed by atoms with E-state index < -0.39 is 0 Å². The Labute approximate surface area is 168 Å². The first-order valence-corrected chi connectivity index (χ1v) is 11.1. The lowest BCUT2D eigenvalue weighted by Crippen LogP contribution is -2.46. The third-order valence-corrected chi connectivity index (χ3v) is 6.92. The maximum atomic E-state index is 12.6. The van der Waals surface area contributed by atoms with Gasteiger partial charge in [0.05, 0.1) is 18.9 Å². The minimum atomic E-state index is 0.128. The molecule has 1 amide bonds. The second-order valence-electron chi connectivity index (χ2n) is 8.99. The van der Waals surface area contributed by atoms with Gasteiger partial charge in [-0.15, -0.1) is 0 Å². The molecule has 4 heteroatoms. The Kier molecular flexibility index (Phi) is 6.36. The van der Waals surface area contributed by atoms with Gasteiger partial charge in [0.25, 0.3) is 0 Å². The zero-order chi connectivity index (χ0) is 19.3. The molecule has 1 aromatic carbocycles. The molecule has 28 heavy (non-hydrogen) atoms. The lowest BCUT2D eigenvalue weighted by molar-refractivity contribution is -0.121. The van der Waals surface area contributed by atoms with Crippen molar-refractivity contribution in [2.75, 3.05) is 19.6 Å². The first kappa shape index (κ1) is 19.5. The van der Waals surface area contributed by atoms with Crippen molar-refractivity contribution in [3.8, 4) is 0 Å². The highest BCUT2D eigenvalue weighted by Gasteiger charge is 2.25. The minimum absolute atomic E-state index is 0.128. The highest BCUT2D eigenvalue weighted by atomic mass is 16.3. The molecule has 2 fully saturated rings. The minimum Gasteiger partial charge on any atom is -0.471 e. The van der Waals surface area contributed by atoms with Crippen molar-refractivity contribution in [1.29, 1.82) is 0 Å². The Hall–Kier alpha value is -1.81. The molecule has 0 bridgehead atoms. The second kappa shape index (κ2) is 9.13. The fraction of sp³-hybridized carbons (Fsp3) is 0.625. The molecule has 2 heterocycles. The highest BCUT2D eigenvalue weighted by Crippen LogP contribution is 2.30. The van der Waals surface area contributed by atoms with Crippen molar-refractivity contribution in [2.24, 2.45) is 11.8 Å². The summed E-state index contributed by atoms with van der Waals surface area (Å²) in [6, 6.07) is 6.35. The smallest absolute Gasteiger partial charge is 0.224 e. The van der Waals surface area contributed by atoms with Crippen LogP contribution < -0.4 is 5.32 Å². The van der Waals surface area contributed by atoms with Crippen molar-refractivity contribution >= 4 is 16.7 Å². The first-order chi connectivity index (χ1) is 13.7. The summed E-state index contributed by atoms with van der Waals surface area (Å²) in [6.45, 7) is 5.90. The molecule has 1 aliphatic carbocycles. The number of fused-ring (bicyclic) bond motifs is 1. The van der Waals surface area contributed by atoms with E-state index in [2.05, 4.69) is 17.1 Å². The van der Waals surface area contributed by atoms with Crippen molar-refractivity contribution in [2.45, 2.75) is 64.3 Å². The summed E-state index contributed by atoms with van der Waals surface area (Å²) in [7, 11) is 0. The Balaban J connectivity index is 1.22. The van der Waals surface area contributed by atoms with Gasteiger partial charge >= 0.3 is 0 Å². The van der Waals surface area contributed by atoms with Crippen LogP contribution >= 0.6 is 0 Å². The highest BCUT2D eigenvalue weighted by molar-refractivity contribution is 5.89. The monoisotopic (exact) mass is 382 g/mol. The molecule has 1 aromatic heterocycles. The van der Waals surface area contributed by atoms with Crippen molar-refractivity contribution < 1.29 is 9.21 Å². The number of nitrogens with zero attached hydrogens (tertiary/aromatic N) is 1. The zero-order valence-electron chi connectivity index (χ0n) is 17.2. The van der Waals surface area contributed by atoms with Gasteiger partial charge in [-0.3, -0.25) is 4.79 Å². The zero-order valence-corrected chi connectivity index (χ0v) is 17.2. The summed E-state index contributed by atoms with van der Waals surface area (Å²) < 4.78 is 5.29. The standard InChI is InChI=1S/C24H34N2O2/c1-18(19-6-3-2-4-7-19)15-26-12-10-22(11-13-26)25-24(27)14-20-8-5-9-21-16-28-17-23(20)21/h5,8-9,16-19,22H,2-4,6-7,10-15H2,1H3,(H,25,27). The van der Waals surface area contributed by atoms with Crippen LogP contribution in [-0.4, -0.2) is 36.5 Å². The van der Waals surface area contributed by atoms with Crippen LogP contribution in [0.4, 0.5) is 0 Å². The summed E-state index contributed by atoms with van der Waals surface area (Å²) >= 11 is 0. The van der Waals surface area contributed by atoms with E-state index in [0.29, 0.717) is 12.5 Å². The molecular formula is C24H34N2O2. The summed E-state index contributed by atoms with van der Waals surface area (Å²) in [6.07, 6.45) is 13.2. The molecular weight excluding hydrogens is 348 g/mol. The molecule has 0 spiro atoms. The van der Waals surface area contributed by atoms with Crippen LogP contribution in [0.15, 0.2) is 35.1 Å². The molecule has 4 nitrogen and oxygen atoms in total. The molecule has 4 rings (SSSR count). The predicted molar refractivity (Wildman–Crippen MR) is 113 cm³/mol. The Bertz CT molecular complexity index is 770. The number of hydrogen-bond acceptors (Lipinski definition) is 3. The number of benzene rings is 1. The van der Waals surface area contributed by atoms with Crippen LogP contribution in [-0.2, 0) is 11.2 Å². The Morgan fingerprint density at radius 2 is 1.93 bits per heavy atom. The Morgan fingerprint density at radius 1 is 1.14 bits per heavy atom. The fourth-order valence-corrected chi connectivity index (χ4v) is 5.18. The molecule has 1 atom stereocenters. The van der Waals surface area contributed by atoms with Gasteiger partial charge in [-0.05, 0) is 30.2 Å². The molecule has 1 saturated heterocycles. The molecule has 2 aliphatic rings. The third-order valence-electron chi connectivity index (χ3n) is 6.92. The van der Waals surface area contributed by atoms with E-state index in [0.717, 1.165) is 54.1 Å². The van der Waals surface area contributed by atoms with E-state index >= 15 is 0 Å². The average molecular weight is 383 g/mol. The quantitative estimate of drug-likeness (QED) is 0.782. The predicted octanol–water partition coefficient (Wildman–Crippen LogP) is 4.77. The number of furan rings is 1. The average Bonchev–Trinajstić information content (AvgIpc) is 3.20. The number of rotatable bonds is 6. The van der Waals surface area contributed by atoms with E-state index in [9.17, 15) is 4.79 Å². The largest absolute Gasteiger partial charge is 0.471 e. The lowest BCUT2D eigenvalue weighted by atomic mass is 9.80. The molecule has 1 saturated carbocycles. The molecule has 2 aromatic rings. The van der Waals surface area contributed by atoms with Gasteiger partial charge in [0.2, 0.25) is 5.91 Å². The van der Waals surface area contributed by atoms with Gasteiger partial charge in [0.15, 0.2) is 0 Å². The van der Waals surface area contributed by atoms with E-state index in [4.69, 9.17) is 4.42 Å². The number of likely N-dealkylation sites (tertiary alicyclic amines) is 1. The van der Waals surface area contributed by atoms with Crippen LogP contribution in [0, 0.1) is 11.8 Å². The van der Waals surface area contributed by atoms with Gasteiger partial charge in [-0.2, -0.15) is 0 Å². The lowest BCUT2D eigenvalue weighted by Gasteiger charge is -2.36. The van der Waals surface area contributed by atoms with Gasteiger partial charge < -0.3 is 14.6 Å². The van der Waals surface area contributed by atoms with Gasteiger partial charge in [0.1, 0.15) is 0 Å². The molecule has 0 radical (unpaired) electrons. The maximum absolute atomic E-state index is 12.6. The van der Waals surface area contributed by atoms with E-state index in [1.54, 1.807) is 12.5 Å². The third kappa shape index (κ3) is 4.78. The van der Waals surface area contributed by atoms with E-state index in [1.165, 1.54) is 38.6 Å². The Morgan fingerprint density at radius 3 is 2.71 bits per heavy atom. The van der Waals surface area contributed by atoms with Crippen molar-refractivity contribution in [3.63, 3.8) is 0 Å². The van der Waals surface area contributed by atoms with E-state index in [-0.39, 0.29) is 5.91 Å². The number of carbonyl (C=O) groups is 1. The van der Waals surface area contributed by atoms with E-state index in [1.807, 2.05) is 18.2 Å². The normalized spacial score (nSPS) is 21.0. The summed E-state index contributed by atoms with van der Waals surface area (Å²) in [5, 5.41) is 5.37. The van der Waals surface area contributed by atoms with Gasteiger partial charge in [-0.25, -0.2) is 0 Å². The second-order valence-corrected chi connectivity index (χ2v) is 8.99. The fourth-order valence-electron chi connectivity index (χ4n) is 5.18. The first-order valence-electron chi connectivity index (χ1n) is 11.1.